The summed E-state index contributed by atoms with van der Waals surface area (Å²) in [5.74, 6) is -0.357. The Kier molecular flexibility index (Phi) is 3.42. The number of pyridine rings is 1. The average molecular weight is 300 g/mol. The number of hydroxylamine groups is 2. The molecule has 5 nitrogen and oxygen atoms in total. The number of hydrogen-bond donors (Lipinski definition) is 2. The summed E-state index contributed by atoms with van der Waals surface area (Å²) in [5, 5.41) is 20.0. The van der Waals surface area contributed by atoms with E-state index in [-0.39, 0.29) is 16.8 Å². The molecule has 3 rings (SSSR count). The van der Waals surface area contributed by atoms with E-state index in [0.29, 0.717) is 23.2 Å². The maximum absolute atomic E-state index is 14.2. The third-order valence-corrected chi connectivity index (χ3v) is 4.23. The molecule has 0 saturated carbocycles. The molecule has 1 aliphatic rings. The Bertz CT molecular complexity index is 721. The highest BCUT2D eigenvalue weighted by Crippen LogP contribution is 2.29. The van der Waals surface area contributed by atoms with Gasteiger partial charge >= 0.3 is 0 Å². The Labute approximate surface area is 128 Å². The molecule has 1 fully saturated rings. The van der Waals surface area contributed by atoms with E-state index in [4.69, 9.17) is 5.41 Å². The van der Waals surface area contributed by atoms with Gasteiger partial charge in [0, 0.05) is 36.1 Å². The fourth-order valence-electron chi connectivity index (χ4n) is 2.89. The second-order valence-electron chi connectivity index (χ2n) is 5.80. The van der Waals surface area contributed by atoms with Gasteiger partial charge in [0.25, 0.3) is 5.96 Å². The number of nitrogens with zero attached hydrogens (tertiary/aromatic N) is 2. The fourth-order valence-corrected chi connectivity index (χ4v) is 2.89. The summed E-state index contributed by atoms with van der Waals surface area (Å²) in [6.07, 6.45) is 3.22. The van der Waals surface area contributed by atoms with Crippen LogP contribution in [0.5, 0.6) is 0 Å². The number of benzene rings is 1. The number of halogens is 1. The molecule has 0 bridgehead atoms. The third kappa shape index (κ3) is 2.17. The molecule has 2 atom stereocenters. The van der Waals surface area contributed by atoms with Crippen LogP contribution in [0.3, 0.4) is 0 Å². The average Bonchev–Trinajstić information content (AvgIpc) is 2.73. The summed E-state index contributed by atoms with van der Waals surface area (Å²) >= 11 is 0. The molecule has 2 heterocycles. The van der Waals surface area contributed by atoms with Gasteiger partial charge in [-0.1, -0.05) is 6.07 Å². The summed E-state index contributed by atoms with van der Waals surface area (Å²) in [4.78, 5) is 5.63. The predicted octanol–water partition coefficient (Wildman–Crippen LogP) is 1.37. The van der Waals surface area contributed by atoms with Crippen LogP contribution in [-0.2, 0) is 5.54 Å². The number of hydrogen-bond acceptors (Lipinski definition) is 3. The van der Waals surface area contributed by atoms with Gasteiger partial charge in [-0.3, -0.25) is 10.0 Å². The molecule has 6 heteroatoms. The smallest absolute Gasteiger partial charge is 0.296 e. The molecule has 1 saturated heterocycles. The first-order chi connectivity index (χ1) is 10.4. The lowest BCUT2D eigenvalue weighted by atomic mass is 9.90. The SMILES string of the molecule is CN1CC(C)(c2ccc(F)c(-c3cccnc3)c2)[NH+]([O-])C1=N. The number of likely N-dealkylation sites (N-methyl/N-ethyl adjacent to an activating group) is 1. The molecule has 114 valence electrons. The fraction of sp³-hybridized carbons (Fsp3) is 0.250. The summed E-state index contributed by atoms with van der Waals surface area (Å²) in [5.41, 5.74) is 0.975. The molecule has 1 aromatic heterocycles. The Hall–Kier alpha value is -2.31. The molecule has 1 aliphatic heterocycles. The van der Waals surface area contributed by atoms with E-state index >= 15 is 0 Å². The van der Waals surface area contributed by atoms with Gasteiger partial charge in [-0.25, -0.2) is 9.80 Å². The van der Waals surface area contributed by atoms with Gasteiger partial charge in [0.1, 0.15) is 11.4 Å². The Balaban J connectivity index is 2.09. The lowest BCUT2D eigenvalue weighted by Gasteiger charge is -2.32. The predicted molar refractivity (Wildman–Crippen MR) is 81.7 cm³/mol. The lowest BCUT2D eigenvalue weighted by Crippen LogP contribution is -3.14. The van der Waals surface area contributed by atoms with Crippen molar-refractivity contribution in [1.82, 2.24) is 9.88 Å². The van der Waals surface area contributed by atoms with Crippen LogP contribution in [0.15, 0.2) is 42.7 Å². The first kappa shape index (κ1) is 14.6. The van der Waals surface area contributed by atoms with Crippen molar-refractivity contribution in [2.75, 3.05) is 13.6 Å². The van der Waals surface area contributed by atoms with Crippen LogP contribution in [0.1, 0.15) is 12.5 Å². The van der Waals surface area contributed by atoms with Gasteiger partial charge in [-0.2, -0.15) is 0 Å². The van der Waals surface area contributed by atoms with E-state index in [1.54, 1.807) is 55.5 Å². The molecule has 22 heavy (non-hydrogen) atoms. The quantitative estimate of drug-likeness (QED) is 0.823. The van der Waals surface area contributed by atoms with E-state index in [1.807, 2.05) is 0 Å². The Morgan fingerprint density at radius 2 is 2.18 bits per heavy atom. The van der Waals surface area contributed by atoms with E-state index < -0.39 is 5.54 Å². The van der Waals surface area contributed by atoms with Gasteiger partial charge < -0.3 is 10.1 Å². The lowest BCUT2D eigenvalue weighted by molar-refractivity contribution is -0.810. The van der Waals surface area contributed by atoms with Crippen LogP contribution in [0.2, 0.25) is 0 Å². The second kappa shape index (κ2) is 5.15. The topological polar surface area (TPSA) is 67.5 Å². The number of guanidine groups is 1. The number of rotatable bonds is 2. The van der Waals surface area contributed by atoms with Crippen molar-refractivity contribution in [3.05, 3.63) is 59.3 Å². The van der Waals surface area contributed by atoms with Crippen molar-refractivity contribution in [1.29, 1.82) is 5.41 Å². The van der Waals surface area contributed by atoms with Gasteiger partial charge in [0.2, 0.25) is 0 Å². The molecule has 0 amide bonds. The van der Waals surface area contributed by atoms with Crippen molar-refractivity contribution in [3.8, 4) is 11.1 Å². The van der Waals surface area contributed by atoms with Crippen LogP contribution >= 0.6 is 0 Å². The minimum Gasteiger partial charge on any atom is -0.626 e. The maximum Gasteiger partial charge on any atom is 0.296 e. The molecule has 0 aliphatic carbocycles. The molecule has 2 N–H and O–H groups in total. The molecule has 0 radical (unpaired) electrons. The molecule has 0 spiro atoms. The molecule has 2 aromatic rings. The van der Waals surface area contributed by atoms with Crippen molar-refractivity contribution < 1.29 is 9.45 Å². The summed E-state index contributed by atoms with van der Waals surface area (Å²) in [7, 11) is 1.72. The van der Waals surface area contributed by atoms with E-state index in [1.165, 1.54) is 6.07 Å². The highest BCUT2D eigenvalue weighted by atomic mass is 19.1. The third-order valence-electron chi connectivity index (χ3n) is 4.23. The van der Waals surface area contributed by atoms with Gasteiger partial charge in [0.05, 0.1) is 6.54 Å². The van der Waals surface area contributed by atoms with Crippen LogP contribution in [0.25, 0.3) is 11.1 Å². The largest absolute Gasteiger partial charge is 0.626 e. The summed E-state index contributed by atoms with van der Waals surface area (Å²) < 4.78 is 14.2. The second-order valence-corrected chi connectivity index (χ2v) is 5.80. The first-order valence-electron chi connectivity index (χ1n) is 6.98. The van der Waals surface area contributed by atoms with Crippen molar-refractivity contribution in [3.63, 3.8) is 0 Å². The molecule has 2 unspecified atom stereocenters. The van der Waals surface area contributed by atoms with E-state index in [2.05, 4.69) is 4.98 Å². The zero-order chi connectivity index (χ0) is 15.9. The minimum atomic E-state index is -0.823. The van der Waals surface area contributed by atoms with Gasteiger partial charge in [-0.15, -0.1) is 0 Å². The Morgan fingerprint density at radius 3 is 2.77 bits per heavy atom. The van der Waals surface area contributed by atoms with Crippen molar-refractivity contribution in [2.45, 2.75) is 12.5 Å². The normalized spacial score (nSPS) is 24.8. The van der Waals surface area contributed by atoms with Crippen LogP contribution in [0, 0.1) is 16.4 Å². The van der Waals surface area contributed by atoms with Crippen molar-refractivity contribution >= 4 is 5.96 Å². The minimum absolute atomic E-state index is 0.00486. The molecular weight excluding hydrogens is 283 g/mol. The number of nitrogens with one attached hydrogen (secondary N) is 2. The highest BCUT2D eigenvalue weighted by Gasteiger charge is 2.45. The maximum atomic E-state index is 14.2. The first-order valence-corrected chi connectivity index (χ1v) is 6.98. The summed E-state index contributed by atoms with van der Waals surface area (Å²) in [6, 6.07) is 8.21. The highest BCUT2D eigenvalue weighted by molar-refractivity contribution is 5.71. The van der Waals surface area contributed by atoms with Crippen LogP contribution in [-0.4, -0.2) is 29.4 Å². The molecule has 1 aromatic carbocycles. The van der Waals surface area contributed by atoms with Gasteiger partial charge in [0.15, 0.2) is 0 Å². The van der Waals surface area contributed by atoms with E-state index in [9.17, 15) is 9.60 Å². The molecular formula is C16H17FN4O. The van der Waals surface area contributed by atoms with Crippen LogP contribution < -0.4 is 5.06 Å². The summed E-state index contributed by atoms with van der Waals surface area (Å²) in [6.45, 7) is 2.22. The monoisotopic (exact) mass is 300 g/mol. The van der Waals surface area contributed by atoms with Gasteiger partial charge in [-0.05, 0) is 31.2 Å². The zero-order valence-corrected chi connectivity index (χ0v) is 12.4. The van der Waals surface area contributed by atoms with Crippen molar-refractivity contribution in [2.24, 2.45) is 0 Å². The number of quaternary nitrogens is 1. The standard InChI is InChI=1S/C16H17FN4O/c1-16(10-20(2)15(18)21(16)22)12-5-6-14(17)13(8-12)11-4-3-7-19-9-11/h3-9,18,21H,10H2,1-2H3. The number of aromatic nitrogens is 1. The van der Waals surface area contributed by atoms with Crippen LogP contribution in [0.4, 0.5) is 4.39 Å². The van der Waals surface area contributed by atoms with E-state index in [0.717, 1.165) is 0 Å². The zero-order valence-electron chi connectivity index (χ0n) is 12.4. The Morgan fingerprint density at radius 1 is 1.41 bits per heavy atom.